The molecule has 28 heavy (non-hydrogen) atoms. The number of likely N-dealkylation sites (tertiary alicyclic amines) is 1. The van der Waals surface area contributed by atoms with Crippen molar-refractivity contribution in [2.75, 3.05) is 30.4 Å². The van der Waals surface area contributed by atoms with E-state index in [1.54, 1.807) is 0 Å². The molecule has 148 valence electrons. The second kappa shape index (κ2) is 7.47. The molecule has 0 saturated carbocycles. The summed E-state index contributed by atoms with van der Waals surface area (Å²) in [6, 6.07) is 6.49. The van der Waals surface area contributed by atoms with E-state index in [9.17, 15) is 9.18 Å². The third-order valence-corrected chi connectivity index (χ3v) is 5.82. The number of hydrogen-bond donors (Lipinski definition) is 1. The van der Waals surface area contributed by atoms with Gasteiger partial charge in [-0.05, 0) is 50.4 Å². The molecule has 0 radical (unpaired) electrons. The number of nitrogens with zero attached hydrogens (tertiary/aromatic N) is 4. The van der Waals surface area contributed by atoms with Crippen molar-refractivity contribution in [2.45, 2.75) is 39.3 Å². The summed E-state index contributed by atoms with van der Waals surface area (Å²) in [5.41, 5.74) is 2.67. The Morgan fingerprint density at radius 1 is 1.25 bits per heavy atom. The van der Waals surface area contributed by atoms with Crippen LogP contribution < -0.4 is 10.2 Å². The second-order valence-electron chi connectivity index (χ2n) is 7.92. The third-order valence-electron chi connectivity index (χ3n) is 5.82. The van der Waals surface area contributed by atoms with Gasteiger partial charge in [-0.1, -0.05) is 12.1 Å². The molecular formula is C21H26FN5O. The minimum atomic E-state index is -0.243. The number of aromatic nitrogens is 2. The maximum atomic E-state index is 13.1. The van der Waals surface area contributed by atoms with Crippen LogP contribution in [-0.4, -0.2) is 47.0 Å². The molecule has 4 rings (SSSR count). The van der Waals surface area contributed by atoms with E-state index in [2.05, 4.69) is 15.2 Å². The van der Waals surface area contributed by atoms with Crippen molar-refractivity contribution in [3.8, 4) is 0 Å². The number of anilines is 2. The molecule has 1 fully saturated rings. The fourth-order valence-electron chi connectivity index (χ4n) is 4.02. The Balaban J connectivity index is 1.43. The van der Waals surface area contributed by atoms with Gasteiger partial charge in [0, 0.05) is 26.6 Å². The smallest absolute Gasteiger partial charge is 0.246 e. The molecule has 2 aliphatic heterocycles. The molecule has 7 heteroatoms. The molecule has 3 heterocycles. The van der Waals surface area contributed by atoms with Gasteiger partial charge in [-0.3, -0.25) is 9.69 Å². The monoisotopic (exact) mass is 383 g/mol. The SMILES string of the molecule is Cc1nc(C[C@H]2CCN(Cc3ccc(F)cc3)C2)nc2c1NC(=O)[C@H](C)N2C. The van der Waals surface area contributed by atoms with Gasteiger partial charge in [0.25, 0.3) is 0 Å². The van der Waals surface area contributed by atoms with E-state index in [-0.39, 0.29) is 17.8 Å². The minimum absolute atomic E-state index is 0.0262. The van der Waals surface area contributed by atoms with Gasteiger partial charge in [0.2, 0.25) is 5.91 Å². The zero-order valence-corrected chi connectivity index (χ0v) is 16.6. The minimum Gasteiger partial charge on any atom is -0.346 e. The summed E-state index contributed by atoms with van der Waals surface area (Å²) in [5, 5.41) is 2.93. The van der Waals surface area contributed by atoms with Crippen LogP contribution in [0, 0.1) is 18.7 Å². The van der Waals surface area contributed by atoms with Crippen molar-refractivity contribution in [1.82, 2.24) is 14.9 Å². The van der Waals surface area contributed by atoms with E-state index in [0.717, 1.165) is 61.1 Å². The third kappa shape index (κ3) is 3.71. The highest BCUT2D eigenvalue weighted by Crippen LogP contribution is 2.32. The van der Waals surface area contributed by atoms with E-state index in [1.165, 1.54) is 12.1 Å². The van der Waals surface area contributed by atoms with E-state index in [0.29, 0.717) is 5.92 Å². The van der Waals surface area contributed by atoms with Crippen molar-refractivity contribution < 1.29 is 9.18 Å². The Morgan fingerprint density at radius 3 is 2.75 bits per heavy atom. The standard InChI is InChI=1S/C21H26FN5O/c1-13-19-20(26(3)14(2)21(28)25-19)24-18(23-13)10-16-8-9-27(12-16)11-15-4-6-17(22)7-5-15/h4-7,14,16H,8-12H2,1-3H3,(H,25,28)/t14-,16+/m0/s1. The summed E-state index contributed by atoms with van der Waals surface area (Å²) >= 11 is 0. The number of fused-ring (bicyclic) bond motifs is 1. The summed E-state index contributed by atoms with van der Waals surface area (Å²) in [4.78, 5) is 25.8. The van der Waals surface area contributed by atoms with Crippen LogP contribution in [-0.2, 0) is 17.8 Å². The molecule has 1 aromatic carbocycles. The molecule has 1 saturated heterocycles. The fourth-order valence-corrected chi connectivity index (χ4v) is 4.02. The predicted octanol–water partition coefficient (Wildman–Crippen LogP) is 2.77. The van der Waals surface area contributed by atoms with Crippen LogP contribution in [0.25, 0.3) is 0 Å². The van der Waals surface area contributed by atoms with Gasteiger partial charge in [-0.15, -0.1) is 0 Å². The highest BCUT2D eigenvalue weighted by Gasteiger charge is 2.31. The van der Waals surface area contributed by atoms with Crippen LogP contribution in [0.15, 0.2) is 24.3 Å². The first-order chi connectivity index (χ1) is 13.4. The number of benzene rings is 1. The fraction of sp³-hybridized carbons (Fsp3) is 0.476. The summed E-state index contributed by atoms with van der Waals surface area (Å²) < 4.78 is 13.1. The molecule has 2 atom stereocenters. The van der Waals surface area contributed by atoms with Crippen LogP contribution in [0.5, 0.6) is 0 Å². The average Bonchev–Trinajstić information content (AvgIpc) is 3.10. The first-order valence-electron chi connectivity index (χ1n) is 9.78. The van der Waals surface area contributed by atoms with Crippen LogP contribution in [0.1, 0.15) is 30.4 Å². The first-order valence-corrected chi connectivity index (χ1v) is 9.78. The normalized spacial score (nSPS) is 22.3. The molecule has 1 aromatic heterocycles. The van der Waals surface area contributed by atoms with E-state index >= 15 is 0 Å². The predicted molar refractivity (Wildman–Crippen MR) is 107 cm³/mol. The van der Waals surface area contributed by atoms with Gasteiger partial charge in [-0.2, -0.15) is 0 Å². The van der Waals surface area contributed by atoms with Crippen LogP contribution in [0.4, 0.5) is 15.9 Å². The Kier molecular flexibility index (Phi) is 5.02. The van der Waals surface area contributed by atoms with Gasteiger partial charge in [0.1, 0.15) is 23.4 Å². The highest BCUT2D eigenvalue weighted by molar-refractivity contribution is 6.02. The molecule has 1 N–H and O–H groups in total. The second-order valence-corrected chi connectivity index (χ2v) is 7.92. The van der Waals surface area contributed by atoms with Gasteiger partial charge < -0.3 is 10.2 Å². The summed E-state index contributed by atoms with van der Waals surface area (Å²) in [5.74, 6) is 1.91. The molecule has 0 aliphatic carbocycles. The van der Waals surface area contributed by atoms with Crippen molar-refractivity contribution in [3.05, 3.63) is 47.2 Å². The Bertz CT molecular complexity index is 885. The molecular weight excluding hydrogens is 357 g/mol. The molecule has 2 aromatic rings. The van der Waals surface area contributed by atoms with E-state index in [1.807, 2.05) is 37.9 Å². The number of aryl methyl sites for hydroxylation is 1. The topological polar surface area (TPSA) is 61.4 Å². The van der Waals surface area contributed by atoms with Crippen molar-refractivity contribution in [2.24, 2.45) is 5.92 Å². The molecule has 0 unspecified atom stereocenters. The zero-order valence-electron chi connectivity index (χ0n) is 16.6. The quantitative estimate of drug-likeness (QED) is 0.880. The Labute approximate surface area is 164 Å². The highest BCUT2D eigenvalue weighted by atomic mass is 19.1. The number of likely N-dealkylation sites (N-methyl/N-ethyl adjacent to an activating group) is 1. The Morgan fingerprint density at radius 2 is 2.00 bits per heavy atom. The molecule has 0 bridgehead atoms. The number of nitrogens with one attached hydrogen (secondary N) is 1. The lowest BCUT2D eigenvalue weighted by atomic mass is 10.0. The van der Waals surface area contributed by atoms with Gasteiger partial charge in [0.05, 0.1) is 5.69 Å². The number of carbonyl (C=O) groups is 1. The zero-order chi connectivity index (χ0) is 19.8. The van der Waals surface area contributed by atoms with Gasteiger partial charge in [0.15, 0.2) is 5.82 Å². The van der Waals surface area contributed by atoms with Crippen molar-refractivity contribution in [3.63, 3.8) is 0 Å². The van der Waals surface area contributed by atoms with Crippen molar-refractivity contribution in [1.29, 1.82) is 0 Å². The van der Waals surface area contributed by atoms with Crippen LogP contribution in [0.2, 0.25) is 0 Å². The molecule has 6 nitrogen and oxygen atoms in total. The number of amides is 1. The van der Waals surface area contributed by atoms with Crippen LogP contribution >= 0.6 is 0 Å². The van der Waals surface area contributed by atoms with Crippen LogP contribution in [0.3, 0.4) is 0 Å². The number of hydrogen-bond acceptors (Lipinski definition) is 5. The number of rotatable bonds is 4. The molecule has 2 aliphatic rings. The number of halogens is 1. The van der Waals surface area contributed by atoms with Gasteiger partial charge in [-0.25, -0.2) is 14.4 Å². The van der Waals surface area contributed by atoms with Gasteiger partial charge >= 0.3 is 0 Å². The van der Waals surface area contributed by atoms with E-state index in [4.69, 9.17) is 4.98 Å². The maximum Gasteiger partial charge on any atom is 0.246 e. The Hall–Kier alpha value is -2.54. The summed E-state index contributed by atoms with van der Waals surface area (Å²) in [7, 11) is 1.90. The summed E-state index contributed by atoms with van der Waals surface area (Å²) in [6.45, 7) is 6.65. The first kappa shape index (κ1) is 18.8. The lowest BCUT2D eigenvalue weighted by Gasteiger charge is -2.32. The lowest BCUT2D eigenvalue weighted by molar-refractivity contribution is -0.117. The summed E-state index contributed by atoms with van der Waals surface area (Å²) in [6.07, 6.45) is 1.92. The molecule has 1 amide bonds. The van der Waals surface area contributed by atoms with Crippen molar-refractivity contribution >= 4 is 17.4 Å². The number of carbonyl (C=O) groups excluding carboxylic acids is 1. The lowest BCUT2D eigenvalue weighted by Crippen LogP contribution is -2.45. The molecule has 0 spiro atoms. The average molecular weight is 383 g/mol. The van der Waals surface area contributed by atoms with E-state index < -0.39 is 0 Å². The largest absolute Gasteiger partial charge is 0.346 e. The maximum absolute atomic E-state index is 13.1.